The number of thiazole rings is 1. The van der Waals surface area contributed by atoms with E-state index in [1.807, 2.05) is 36.6 Å². The van der Waals surface area contributed by atoms with Crippen LogP contribution in [0.1, 0.15) is 20.9 Å². The number of carbonyl (C=O) groups excluding carboxylic acids is 2. The second-order valence-corrected chi connectivity index (χ2v) is 7.36. The number of nitrogens with zero attached hydrogens (tertiary/aromatic N) is 1. The summed E-state index contributed by atoms with van der Waals surface area (Å²) in [4.78, 5) is 30.1. The van der Waals surface area contributed by atoms with Gasteiger partial charge in [0.25, 0.3) is 5.91 Å². The fraction of sp³-hybridized carbons (Fsp3) is 0.167. The third kappa shape index (κ3) is 4.12. The van der Waals surface area contributed by atoms with Gasteiger partial charge in [-0.1, -0.05) is 18.2 Å². The zero-order chi connectivity index (χ0) is 17.8. The first-order valence-corrected chi connectivity index (χ1v) is 9.38. The lowest BCUT2D eigenvalue weighted by Crippen LogP contribution is -2.19. The van der Waals surface area contributed by atoms with Gasteiger partial charge in [0.1, 0.15) is 9.88 Å². The fourth-order valence-electron chi connectivity index (χ4n) is 2.28. The van der Waals surface area contributed by atoms with Gasteiger partial charge >= 0.3 is 0 Å². The fourth-order valence-corrected chi connectivity index (χ4v) is 4.04. The van der Waals surface area contributed by atoms with Crippen LogP contribution in [0.5, 0.6) is 0 Å². The highest BCUT2D eigenvalue weighted by Gasteiger charge is 2.17. The highest BCUT2D eigenvalue weighted by atomic mass is 32.1. The molecule has 0 aliphatic heterocycles. The van der Waals surface area contributed by atoms with Crippen molar-refractivity contribution in [3.05, 3.63) is 57.9 Å². The topological polar surface area (TPSA) is 71.1 Å². The summed E-state index contributed by atoms with van der Waals surface area (Å²) in [7, 11) is 1.61. The van der Waals surface area contributed by atoms with Crippen molar-refractivity contribution in [2.45, 2.75) is 13.3 Å². The lowest BCUT2D eigenvalue weighted by atomic mass is 10.1. The Hall–Kier alpha value is -2.51. The highest BCUT2D eigenvalue weighted by Crippen LogP contribution is 2.31. The Morgan fingerprint density at radius 1 is 1.16 bits per heavy atom. The average molecular weight is 371 g/mol. The smallest absolute Gasteiger partial charge is 0.267 e. The third-order valence-corrected chi connectivity index (χ3v) is 5.79. The minimum atomic E-state index is -0.170. The lowest BCUT2D eigenvalue weighted by Gasteiger charge is -2.05. The van der Waals surface area contributed by atoms with Gasteiger partial charge in [-0.05, 0) is 36.1 Å². The molecule has 2 amide bonds. The number of rotatable bonds is 5. The first-order chi connectivity index (χ1) is 12.1. The maximum atomic E-state index is 12.5. The van der Waals surface area contributed by atoms with Gasteiger partial charge in [-0.15, -0.1) is 22.7 Å². The van der Waals surface area contributed by atoms with E-state index in [1.54, 1.807) is 30.5 Å². The van der Waals surface area contributed by atoms with Gasteiger partial charge in [-0.25, -0.2) is 4.98 Å². The van der Waals surface area contributed by atoms with Gasteiger partial charge in [0.15, 0.2) is 0 Å². The first-order valence-electron chi connectivity index (χ1n) is 7.69. The van der Waals surface area contributed by atoms with Gasteiger partial charge in [-0.3, -0.25) is 9.59 Å². The molecule has 0 saturated heterocycles. The summed E-state index contributed by atoms with van der Waals surface area (Å²) in [6.07, 6.45) is 0.322. The molecule has 128 valence electrons. The van der Waals surface area contributed by atoms with Crippen LogP contribution >= 0.6 is 22.7 Å². The van der Waals surface area contributed by atoms with Crippen molar-refractivity contribution in [1.82, 2.24) is 10.3 Å². The number of aryl methyl sites for hydroxylation is 1. The largest absolute Gasteiger partial charge is 0.359 e. The Morgan fingerprint density at radius 2 is 1.92 bits per heavy atom. The van der Waals surface area contributed by atoms with Gasteiger partial charge < -0.3 is 10.6 Å². The molecule has 2 aromatic heterocycles. The van der Waals surface area contributed by atoms with Crippen molar-refractivity contribution in [2.75, 3.05) is 12.4 Å². The Bertz CT molecular complexity index is 884. The molecule has 0 aliphatic rings. The number of benzene rings is 1. The van der Waals surface area contributed by atoms with Crippen molar-refractivity contribution in [3.8, 4) is 9.88 Å². The highest BCUT2D eigenvalue weighted by molar-refractivity contribution is 7.22. The number of thiophene rings is 1. The predicted molar refractivity (Wildman–Crippen MR) is 102 cm³/mol. The summed E-state index contributed by atoms with van der Waals surface area (Å²) in [5.41, 5.74) is 2.31. The standard InChI is InChI=1S/C18H17N3O2S2/c1-11-16(25-18(20-11)14-4-3-9-24-14)17(23)21-13-7-5-12(6-8-13)10-15(22)19-2/h3-9H,10H2,1-2H3,(H,19,22)(H,21,23). The van der Waals surface area contributed by atoms with Crippen LogP contribution in [0.4, 0.5) is 5.69 Å². The Morgan fingerprint density at radius 3 is 2.56 bits per heavy atom. The SMILES string of the molecule is CNC(=O)Cc1ccc(NC(=O)c2sc(-c3cccs3)nc2C)cc1. The molecule has 7 heteroatoms. The third-order valence-electron chi connectivity index (χ3n) is 3.59. The van der Waals surface area contributed by atoms with Crippen LogP contribution in [0.2, 0.25) is 0 Å². The number of nitrogens with one attached hydrogen (secondary N) is 2. The van der Waals surface area contributed by atoms with Crippen LogP contribution in [0, 0.1) is 6.92 Å². The van der Waals surface area contributed by atoms with Crippen LogP contribution in [0.25, 0.3) is 9.88 Å². The summed E-state index contributed by atoms with van der Waals surface area (Å²) in [5, 5.41) is 8.33. The van der Waals surface area contributed by atoms with E-state index >= 15 is 0 Å². The van der Waals surface area contributed by atoms with Crippen LogP contribution in [0.3, 0.4) is 0 Å². The molecule has 0 unspecified atom stereocenters. The molecule has 3 rings (SSSR count). The summed E-state index contributed by atoms with van der Waals surface area (Å²) >= 11 is 3.00. The van der Waals surface area contributed by atoms with Gasteiger partial charge in [0, 0.05) is 12.7 Å². The monoisotopic (exact) mass is 371 g/mol. The predicted octanol–water partition coefficient (Wildman–Crippen LogP) is 3.72. The molecule has 5 nitrogen and oxygen atoms in total. The summed E-state index contributed by atoms with van der Waals surface area (Å²) in [6.45, 7) is 1.84. The zero-order valence-electron chi connectivity index (χ0n) is 13.8. The molecule has 0 saturated carbocycles. The normalized spacial score (nSPS) is 10.5. The number of aromatic nitrogens is 1. The molecule has 3 aromatic rings. The van der Waals surface area contributed by atoms with Gasteiger partial charge in [0.05, 0.1) is 17.0 Å². The molecule has 0 radical (unpaired) electrons. The summed E-state index contributed by atoms with van der Waals surface area (Å²) < 4.78 is 0. The Labute approximate surface area is 153 Å². The average Bonchev–Trinajstić information content (AvgIpc) is 3.26. The number of likely N-dealkylation sites (N-methyl/N-ethyl adjacent to an activating group) is 1. The number of hydrogen-bond acceptors (Lipinski definition) is 5. The maximum absolute atomic E-state index is 12.5. The number of anilines is 1. The first kappa shape index (κ1) is 17.3. The van der Waals surface area contributed by atoms with E-state index < -0.39 is 0 Å². The van der Waals surface area contributed by atoms with Crippen LogP contribution in [-0.2, 0) is 11.2 Å². The van der Waals surface area contributed by atoms with Crippen molar-refractivity contribution >= 4 is 40.2 Å². The van der Waals surface area contributed by atoms with E-state index in [0.717, 1.165) is 21.1 Å². The molecule has 0 bridgehead atoms. The van der Waals surface area contributed by atoms with E-state index in [1.165, 1.54) is 11.3 Å². The van der Waals surface area contributed by atoms with Gasteiger partial charge in [-0.2, -0.15) is 0 Å². The van der Waals surface area contributed by atoms with Crippen LogP contribution < -0.4 is 10.6 Å². The van der Waals surface area contributed by atoms with E-state index in [2.05, 4.69) is 15.6 Å². The molecular formula is C18H17N3O2S2. The van der Waals surface area contributed by atoms with Gasteiger partial charge in [0.2, 0.25) is 5.91 Å². The van der Waals surface area contributed by atoms with Crippen LogP contribution in [-0.4, -0.2) is 23.8 Å². The Kier molecular flexibility index (Phi) is 5.25. The molecular weight excluding hydrogens is 354 g/mol. The molecule has 1 aromatic carbocycles. The molecule has 0 atom stereocenters. The molecule has 2 heterocycles. The number of carbonyl (C=O) groups is 2. The molecule has 0 spiro atoms. The molecule has 2 N–H and O–H groups in total. The second kappa shape index (κ2) is 7.58. The molecule has 25 heavy (non-hydrogen) atoms. The zero-order valence-corrected chi connectivity index (χ0v) is 15.5. The minimum Gasteiger partial charge on any atom is -0.359 e. The van der Waals surface area contributed by atoms with Crippen molar-refractivity contribution in [2.24, 2.45) is 0 Å². The van der Waals surface area contributed by atoms with Crippen LogP contribution in [0.15, 0.2) is 41.8 Å². The minimum absolute atomic E-state index is 0.0434. The summed E-state index contributed by atoms with van der Waals surface area (Å²) in [5.74, 6) is -0.213. The Balaban J connectivity index is 1.71. The number of amides is 2. The second-order valence-electron chi connectivity index (χ2n) is 5.41. The molecule has 0 aliphatic carbocycles. The quantitative estimate of drug-likeness (QED) is 0.718. The summed E-state index contributed by atoms with van der Waals surface area (Å²) in [6, 6.07) is 11.2. The van der Waals surface area contributed by atoms with Crippen molar-refractivity contribution in [3.63, 3.8) is 0 Å². The van der Waals surface area contributed by atoms with Crippen molar-refractivity contribution < 1.29 is 9.59 Å². The molecule has 0 fully saturated rings. The maximum Gasteiger partial charge on any atom is 0.267 e. The number of hydrogen-bond donors (Lipinski definition) is 2. The van der Waals surface area contributed by atoms with E-state index in [9.17, 15) is 9.59 Å². The van der Waals surface area contributed by atoms with Crippen molar-refractivity contribution in [1.29, 1.82) is 0 Å². The van der Waals surface area contributed by atoms with E-state index in [4.69, 9.17) is 0 Å². The van der Waals surface area contributed by atoms with E-state index in [-0.39, 0.29) is 11.8 Å². The van der Waals surface area contributed by atoms with E-state index in [0.29, 0.717) is 17.0 Å². The lowest BCUT2D eigenvalue weighted by molar-refractivity contribution is -0.119.